The van der Waals surface area contributed by atoms with Gasteiger partial charge in [0, 0.05) is 24.0 Å². The van der Waals surface area contributed by atoms with Crippen LogP contribution in [0.4, 0.5) is 11.4 Å². The Balaban J connectivity index is 1.73. The monoisotopic (exact) mass is 219 g/mol. The van der Waals surface area contributed by atoms with Crippen LogP contribution in [0.1, 0.15) is 19.3 Å². The predicted octanol–water partition coefficient (Wildman–Crippen LogP) is 2.17. The van der Waals surface area contributed by atoms with E-state index in [-0.39, 0.29) is 0 Å². The van der Waals surface area contributed by atoms with Gasteiger partial charge in [-0.25, -0.2) is 0 Å². The molecule has 3 nitrogen and oxygen atoms in total. The molecule has 1 saturated heterocycles. The van der Waals surface area contributed by atoms with Crippen LogP contribution in [0.5, 0.6) is 0 Å². The molecule has 1 unspecified atom stereocenters. The highest BCUT2D eigenvalue weighted by atomic mass is 15.1. The van der Waals surface area contributed by atoms with E-state index in [0.717, 1.165) is 24.0 Å². The maximum Gasteiger partial charge on any atom is 0.0341 e. The summed E-state index contributed by atoms with van der Waals surface area (Å²) in [4.78, 5) is 2.46. The van der Waals surface area contributed by atoms with Gasteiger partial charge in [0.1, 0.15) is 0 Å². The Morgan fingerprint density at radius 1 is 1.38 bits per heavy atom. The van der Waals surface area contributed by atoms with E-state index in [2.05, 4.69) is 17.3 Å². The van der Waals surface area contributed by atoms with Crippen LogP contribution in [0.2, 0.25) is 0 Å². The lowest BCUT2D eigenvalue weighted by Crippen LogP contribution is -2.26. The number of rotatable bonds is 4. The highest BCUT2D eigenvalue weighted by Gasteiger charge is 2.19. The van der Waals surface area contributed by atoms with Crippen LogP contribution in [0.25, 0.3) is 0 Å². The normalized spacial score (nSPS) is 21.2. The lowest BCUT2D eigenvalue weighted by molar-refractivity contribution is 0.301. The van der Waals surface area contributed by atoms with E-state index in [1.165, 1.54) is 25.8 Å². The highest BCUT2D eigenvalue weighted by Crippen LogP contribution is 2.18. The number of likely N-dealkylation sites (tertiary alicyclic amines) is 1. The van der Waals surface area contributed by atoms with Crippen molar-refractivity contribution in [1.82, 2.24) is 4.90 Å². The van der Waals surface area contributed by atoms with Crippen LogP contribution in [0, 0.1) is 0 Å². The van der Waals surface area contributed by atoms with Crippen molar-refractivity contribution < 1.29 is 0 Å². The summed E-state index contributed by atoms with van der Waals surface area (Å²) in [5.74, 6) is 0. The Labute approximate surface area is 97.6 Å². The SMILES string of the molecule is CN1CCCC1CCNc1ccc(N)cc1. The molecule has 1 aromatic rings. The summed E-state index contributed by atoms with van der Waals surface area (Å²) in [6.45, 7) is 2.30. The third-order valence-electron chi connectivity index (χ3n) is 3.39. The van der Waals surface area contributed by atoms with Crippen LogP contribution in [-0.4, -0.2) is 31.1 Å². The number of benzene rings is 1. The number of nitrogens with zero attached hydrogens (tertiary/aromatic N) is 1. The fourth-order valence-corrected chi connectivity index (χ4v) is 2.33. The van der Waals surface area contributed by atoms with Crippen LogP contribution in [0.15, 0.2) is 24.3 Å². The molecular weight excluding hydrogens is 198 g/mol. The molecule has 0 aromatic heterocycles. The quantitative estimate of drug-likeness (QED) is 0.763. The van der Waals surface area contributed by atoms with Gasteiger partial charge in [-0.15, -0.1) is 0 Å². The largest absolute Gasteiger partial charge is 0.399 e. The first-order valence-corrected chi connectivity index (χ1v) is 6.05. The van der Waals surface area contributed by atoms with E-state index in [4.69, 9.17) is 5.73 Å². The number of anilines is 2. The van der Waals surface area contributed by atoms with Crippen LogP contribution >= 0.6 is 0 Å². The van der Waals surface area contributed by atoms with E-state index in [9.17, 15) is 0 Å². The van der Waals surface area contributed by atoms with Crippen molar-refractivity contribution in [2.75, 3.05) is 31.2 Å². The molecule has 1 fully saturated rings. The third-order valence-corrected chi connectivity index (χ3v) is 3.39. The average molecular weight is 219 g/mol. The zero-order chi connectivity index (χ0) is 11.4. The number of nitrogen functional groups attached to an aromatic ring is 1. The molecule has 1 atom stereocenters. The maximum absolute atomic E-state index is 5.64. The summed E-state index contributed by atoms with van der Waals surface area (Å²) in [7, 11) is 2.22. The van der Waals surface area contributed by atoms with Crippen molar-refractivity contribution in [2.45, 2.75) is 25.3 Å². The van der Waals surface area contributed by atoms with E-state index in [1.54, 1.807) is 0 Å². The zero-order valence-corrected chi connectivity index (χ0v) is 9.95. The molecule has 0 saturated carbocycles. The minimum atomic E-state index is 0.765. The summed E-state index contributed by atoms with van der Waals surface area (Å²) in [5.41, 5.74) is 7.62. The molecule has 0 spiro atoms. The molecule has 3 N–H and O–H groups in total. The van der Waals surface area contributed by atoms with Crippen LogP contribution < -0.4 is 11.1 Å². The van der Waals surface area contributed by atoms with Gasteiger partial charge in [0.25, 0.3) is 0 Å². The molecule has 1 aliphatic heterocycles. The molecule has 16 heavy (non-hydrogen) atoms. The third kappa shape index (κ3) is 2.89. The molecule has 1 aliphatic rings. The standard InChI is InChI=1S/C13H21N3/c1-16-10-2-3-13(16)8-9-15-12-6-4-11(14)5-7-12/h4-7,13,15H,2-3,8-10,14H2,1H3. The molecule has 88 valence electrons. The zero-order valence-electron chi connectivity index (χ0n) is 9.95. The first kappa shape index (κ1) is 11.3. The Morgan fingerprint density at radius 2 is 2.12 bits per heavy atom. The second kappa shape index (κ2) is 5.21. The Bertz CT molecular complexity index is 320. The Hall–Kier alpha value is -1.22. The molecular formula is C13H21N3. The second-order valence-electron chi connectivity index (χ2n) is 4.61. The smallest absolute Gasteiger partial charge is 0.0341 e. The van der Waals surface area contributed by atoms with Gasteiger partial charge in [0.15, 0.2) is 0 Å². The predicted molar refractivity (Wildman–Crippen MR) is 69.6 cm³/mol. The van der Waals surface area contributed by atoms with Crippen molar-refractivity contribution in [2.24, 2.45) is 0 Å². The first-order valence-electron chi connectivity index (χ1n) is 6.05. The van der Waals surface area contributed by atoms with Crippen molar-refractivity contribution >= 4 is 11.4 Å². The molecule has 0 amide bonds. The average Bonchev–Trinajstić information content (AvgIpc) is 2.68. The number of hydrogen-bond donors (Lipinski definition) is 2. The fourth-order valence-electron chi connectivity index (χ4n) is 2.33. The number of nitrogens with two attached hydrogens (primary N) is 1. The fraction of sp³-hybridized carbons (Fsp3) is 0.538. The van der Waals surface area contributed by atoms with Crippen LogP contribution in [-0.2, 0) is 0 Å². The summed E-state index contributed by atoms with van der Waals surface area (Å²) < 4.78 is 0. The number of hydrogen-bond acceptors (Lipinski definition) is 3. The van der Waals surface area contributed by atoms with Gasteiger partial charge in [0.05, 0.1) is 0 Å². The summed E-state index contributed by atoms with van der Waals surface area (Å²) in [5, 5.41) is 3.44. The van der Waals surface area contributed by atoms with Gasteiger partial charge in [-0.3, -0.25) is 0 Å². The molecule has 1 aromatic carbocycles. The van der Waals surface area contributed by atoms with E-state index < -0.39 is 0 Å². The van der Waals surface area contributed by atoms with E-state index in [0.29, 0.717) is 0 Å². The number of nitrogens with one attached hydrogen (secondary N) is 1. The van der Waals surface area contributed by atoms with Gasteiger partial charge in [0.2, 0.25) is 0 Å². The first-order chi connectivity index (χ1) is 7.75. The second-order valence-corrected chi connectivity index (χ2v) is 4.61. The lowest BCUT2D eigenvalue weighted by atomic mass is 10.1. The molecule has 0 radical (unpaired) electrons. The molecule has 0 aliphatic carbocycles. The molecule has 2 rings (SSSR count). The van der Waals surface area contributed by atoms with Gasteiger partial charge < -0.3 is 16.0 Å². The van der Waals surface area contributed by atoms with Crippen molar-refractivity contribution in [3.05, 3.63) is 24.3 Å². The Kier molecular flexibility index (Phi) is 3.67. The highest BCUT2D eigenvalue weighted by molar-refractivity contribution is 5.51. The van der Waals surface area contributed by atoms with Gasteiger partial charge in [-0.2, -0.15) is 0 Å². The maximum atomic E-state index is 5.64. The lowest BCUT2D eigenvalue weighted by Gasteiger charge is -2.19. The minimum Gasteiger partial charge on any atom is -0.399 e. The van der Waals surface area contributed by atoms with Crippen molar-refractivity contribution in [1.29, 1.82) is 0 Å². The van der Waals surface area contributed by atoms with Crippen molar-refractivity contribution in [3.8, 4) is 0 Å². The summed E-state index contributed by atoms with van der Waals surface area (Å²) in [6.07, 6.45) is 3.92. The van der Waals surface area contributed by atoms with Crippen molar-refractivity contribution in [3.63, 3.8) is 0 Å². The minimum absolute atomic E-state index is 0.765. The molecule has 1 heterocycles. The van der Waals surface area contributed by atoms with Gasteiger partial charge in [-0.05, 0) is 57.1 Å². The van der Waals surface area contributed by atoms with E-state index in [1.807, 2.05) is 24.3 Å². The van der Waals surface area contributed by atoms with E-state index >= 15 is 0 Å². The Morgan fingerprint density at radius 3 is 2.75 bits per heavy atom. The van der Waals surface area contributed by atoms with Crippen LogP contribution in [0.3, 0.4) is 0 Å². The summed E-state index contributed by atoms with van der Waals surface area (Å²) >= 11 is 0. The topological polar surface area (TPSA) is 41.3 Å². The summed E-state index contributed by atoms with van der Waals surface area (Å²) in [6, 6.07) is 8.71. The molecule has 3 heteroatoms. The van der Waals surface area contributed by atoms with Gasteiger partial charge >= 0.3 is 0 Å². The van der Waals surface area contributed by atoms with Gasteiger partial charge in [-0.1, -0.05) is 0 Å². The molecule has 0 bridgehead atoms.